The quantitative estimate of drug-likeness (QED) is 0.825. The summed E-state index contributed by atoms with van der Waals surface area (Å²) in [4.78, 5) is 5.39. The third-order valence-corrected chi connectivity index (χ3v) is 5.39. The number of piperazine rings is 1. The molecule has 4 atom stereocenters. The Labute approximate surface area is 117 Å². The minimum absolute atomic E-state index is 0.526. The fourth-order valence-corrected chi connectivity index (χ4v) is 4.34. The minimum atomic E-state index is 0.526. The van der Waals surface area contributed by atoms with Gasteiger partial charge in [0.15, 0.2) is 0 Å². The lowest BCUT2D eigenvalue weighted by atomic mass is 9.90. The van der Waals surface area contributed by atoms with E-state index in [1.807, 2.05) is 0 Å². The lowest BCUT2D eigenvalue weighted by Crippen LogP contribution is -2.61. The van der Waals surface area contributed by atoms with Crippen molar-refractivity contribution in [3.63, 3.8) is 0 Å². The topological polar surface area (TPSA) is 41.7 Å². The Morgan fingerprint density at radius 3 is 2.89 bits per heavy atom. The van der Waals surface area contributed by atoms with Gasteiger partial charge in [0, 0.05) is 44.4 Å². The van der Waals surface area contributed by atoms with Gasteiger partial charge in [-0.25, -0.2) is 0 Å². The first kappa shape index (κ1) is 13.8. The molecule has 4 unspecified atom stereocenters. The van der Waals surface area contributed by atoms with Crippen LogP contribution < -0.4 is 5.73 Å². The van der Waals surface area contributed by atoms with Gasteiger partial charge in [-0.1, -0.05) is 0 Å². The van der Waals surface area contributed by atoms with Crippen molar-refractivity contribution >= 4 is 0 Å². The van der Waals surface area contributed by atoms with Crippen LogP contribution in [0.4, 0.5) is 0 Å². The van der Waals surface area contributed by atoms with E-state index in [-0.39, 0.29) is 0 Å². The van der Waals surface area contributed by atoms with Crippen LogP contribution in [-0.4, -0.2) is 67.3 Å². The number of rotatable bonds is 3. The largest absolute Gasteiger partial charge is 0.381 e. The summed E-state index contributed by atoms with van der Waals surface area (Å²) in [7, 11) is 0. The van der Waals surface area contributed by atoms with Gasteiger partial charge in [0.25, 0.3) is 0 Å². The fourth-order valence-electron chi connectivity index (χ4n) is 4.34. The molecular formula is C15H29N3O. The van der Waals surface area contributed by atoms with Crippen LogP contribution in [0.5, 0.6) is 0 Å². The second-order valence-corrected chi connectivity index (χ2v) is 6.62. The molecule has 0 aromatic carbocycles. The van der Waals surface area contributed by atoms with Gasteiger partial charge in [0.1, 0.15) is 0 Å². The summed E-state index contributed by atoms with van der Waals surface area (Å²) in [6, 6.07) is 1.96. The number of nitrogens with zero attached hydrogens (tertiary/aromatic N) is 2. The van der Waals surface area contributed by atoms with E-state index in [2.05, 4.69) is 16.7 Å². The van der Waals surface area contributed by atoms with Gasteiger partial charge in [-0.05, 0) is 45.1 Å². The van der Waals surface area contributed by atoms with Gasteiger partial charge in [0.05, 0.1) is 6.61 Å². The lowest BCUT2D eigenvalue weighted by Gasteiger charge is -2.48. The van der Waals surface area contributed by atoms with Crippen molar-refractivity contribution in [3.05, 3.63) is 0 Å². The number of hydrogen-bond acceptors (Lipinski definition) is 4. The zero-order chi connectivity index (χ0) is 13.2. The zero-order valence-corrected chi connectivity index (χ0v) is 12.3. The number of fused-ring (bicyclic) bond motifs is 1. The first-order chi connectivity index (χ1) is 9.29. The molecule has 0 spiro atoms. The van der Waals surface area contributed by atoms with Crippen molar-refractivity contribution in [1.82, 2.24) is 9.80 Å². The van der Waals surface area contributed by atoms with Crippen molar-refractivity contribution in [2.45, 2.75) is 50.7 Å². The average Bonchev–Trinajstić information content (AvgIpc) is 2.88. The summed E-state index contributed by atoms with van der Waals surface area (Å²) in [6.45, 7) is 8.78. The summed E-state index contributed by atoms with van der Waals surface area (Å²) < 4.78 is 5.68. The van der Waals surface area contributed by atoms with Gasteiger partial charge >= 0.3 is 0 Å². The summed E-state index contributed by atoms with van der Waals surface area (Å²) in [5, 5.41) is 0. The highest BCUT2D eigenvalue weighted by atomic mass is 16.5. The molecule has 4 nitrogen and oxygen atoms in total. The van der Waals surface area contributed by atoms with E-state index in [9.17, 15) is 0 Å². The molecule has 19 heavy (non-hydrogen) atoms. The molecule has 4 heteroatoms. The molecule has 0 radical (unpaired) electrons. The summed E-state index contributed by atoms with van der Waals surface area (Å²) in [5.74, 6) is 0.647. The second-order valence-electron chi connectivity index (χ2n) is 6.62. The second kappa shape index (κ2) is 6.08. The molecule has 3 rings (SSSR count). The van der Waals surface area contributed by atoms with Crippen LogP contribution >= 0.6 is 0 Å². The fraction of sp³-hybridized carbons (Fsp3) is 1.00. The Morgan fingerprint density at radius 2 is 2.16 bits per heavy atom. The van der Waals surface area contributed by atoms with Crippen molar-refractivity contribution < 1.29 is 4.74 Å². The van der Waals surface area contributed by atoms with E-state index in [0.29, 0.717) is 18.0 Å². The zero-order valence-electron chi connectivity index (χ0n) is 12.3. The Bertz CT molecular complexity index is 293. The van der Waals surface area contributed by atoms with Crippen LogP contribution in [0.15, 0.2) is 0 Å². The van der Waals surface area contributed by atoms with Gasteiger partial charge in [-0.3, -0.25) is 9.80 Å². The molecular weight excluding hydrogens is 238 g/mol. The highest BCUT2D eigenvalue weighted by Gasteiger charge is 2.39. The predicted octanol–water partition coefficient (Wildman–Crippen LogP) is 0.909. The number of ether oxygens (including phenoxy) is 1. The smallest absolute Gasteiger partial charge is 0.0509 e. The van der Waals surface area contributed by atoms with Crippen molar-refractivity contribution in [1.29, 1.82) is 0 Å². The van der Waals surface area contributed by atoms with Crippen LogP contribution in [-0.2, 0) is 4.74 Å². The maximum Gasteiger partial charge on any atom is 0.0509 e. The SMILES string of the molecule is CC1CN2CCCC2CN1C(CN)C1CCCOC1. The Kier molecular flexibility index (Phi) is 4.42. The number of nitrogens with two attached hydrogens (primary N) is 1. The standard InChI is InChI=1S/C15H29N3O/c1-12-9-17-6-2-5-14(17)10-18(12)15(8-16)13-4-3-7-19-11-13/h12-15H,2-11,16H2,1H3. The summed E-state index contributed by atoms with van der Waals surface area (Å²) in [5.41, 5.74) is 6.12. The Balaban J connectivity index is 1.67. The third kappa shape index (κ3) is 2.82. The minimum Gasteiger partial charge on any atom is -0.381 e. The molecule has 0 aromatic heterocycles. The monoisotopic (exact) mass is 267 g/mol. The summed E-state index contributed by atoms with van der Waals surface area (Å²) >= 11 is 0. The molecule has 3 heterocycles. The molecule has 3 aliphatic rings. The van der Waals surface area contributed by atoms with Crippen LogP contribution in [0.25, 0.3) is 0 Å². The normalized spacial score (nSPS) is 39.2. The molecule has 0 amide bonds. The first-order valence-corrected chi connectivity index (χ1v) is 8.07. The van der Waals surface area contributed by atoms with Crippen molar-refractivity contribution in [2.75, 3.05) is 39.4 Å². The summed E-state index contributed by atoms with van der Waals surface area (Å²) in [6.07, 6.45) is 5.26. The van der Waals surface area contributed by atoms with E-state index in [1.165, 1.54) is 45.3 Å². The van der Waals surface area contributed by atoms with Crippen LogP contribution in [0, 0.1) is 5.92 Å². The van der Waals surface area contributed by atoms with E-state index in [4.69, 9.17) is 10.5 Å². The highest BCUT2D eigenvalue weighted by Crippen LogP contribution is 2.29. The molecule has 3 aliphatic heterocycles. The van der Waals surface area contributed by atoms with Gasteiger partial charge in [0.2, 0.25) is 0 Å². The molecule has 0 saturated carbocycles. The van der Waals surface area contributed by atoms with Crippen LogP contribution in [0.1, 0.15) is 32.6 Å². The highest BCUT2D eigenvalue weighted by molar-refractivity contribution is 4.95. The third-order valence-electron chi connectivity index (χ3n) is 5.39. The van der Waals surface area contributed by atoms with E-state index < -0.39 is 0 Å². The Morgan fingerprint density at radius 1 is 1.26 bits per heavy atom. The molecule has 110 valence electrons. The van der Waals surface area contributed by atoms with Crippen LogP contribution in [0.2, 0.25) is 0 Å². The van der Waals surface area contributed by atoms with Gasteiger partial charge in [-0.2, -0.15) is 0 Å². The van der Waals surface area contributed by atoms with E-state index in [0.717, 1.165) is 25.8 Å². The Hall–Kier alpha value is -0.160. The maximum atomic E-state index is 6.12. The molecule has 0 aliphatic carbocycles. The molecule has 3 fully saturated rings. The van der Waals surface area contributed by atoms with Gasteiger partial charge < -0.3 is 10.5 Å². The maximum absolute atomic E-state index is 6.12. The van der Waals surface area contributed by atoms with Crippen molar-refractivity contribution in [3.8, 4) is 0 Å². The van der Waals surface area contributed by atoms with E-state index in [1.54, 1.807) is 0 Å². The van der Waals surface area contributed by atoms with E-state index >= 15 is 0 Å². The molecule has 0 aromatic rings. The predicted molar refractivity (Wildman–Crippen MR) is 77.1 cm³/mol. The van der Waals surface area contributed by atoms with Gasteiger partial charge in [-0.15, -0.1) is 0 Å². The number of hydrogen-bond donors (Lipinski definition) is 1. The molecule has 0 bridgehead atoms. The average molecular weight is 267 g/mol. The van der Waals surface area contributed by atoms with Crippen LogP contribution in [0.3, 0.4) is 0 Å². The molecule has 2 N–H and O–H groups in total. The lowest BCUT2D eigenvalue weighted by molar-refractivity contribution is -0.0300. The van der Waals surface area contributed by atoms with Crippen molar-refractivity contribution in [2.24, 2.45) is 11.7 Å². The molecule has 3 saturated heterocycles. The first-order valence-electron chi connectivity index (χ1n) is 8.07.